The van der Waals surface area contributed by atoms with Crippen molar-refractivity contribution in [2.75, 3.05) is 13.2 Å². The van der Waals surface area contributed by atoms with Crippen LogP contribution < -0.4 is 15.4 Å². The van der Waals surface area contributed by atoms with E-state index in [1.54, 1.807) is 6.07 Å². The largest absolute Gasteiger partial charge is 0.491 e. The molecule has 1 aromatic carbocycles. The number of amides is 1. The summed E-state index contributed by atoms with van der Waals surface area (Å²) in [4.78, 5) is 11.4. The van der Waals surface area contributed by atoms with Crippen molar-refractivity contribution in [3.63, 3.8) is 0 Å². The van der Waals surface area contributed by atoms with E-state index in [0.29, 0.717) is 48.0 Å². The number of rotatable bonds is 8. The monoisotopic (exact) mass is 330 g/mol. The normalized spacial score (nSPS) is 14.0. The van der Waals surface area contributed by atoms with Gasteiger partial charge < -0.3 is 15.4 Å². The van der Waals surface area contributed by atoms with Crippen molar-refractivity contribution in [1.82, 2.24) is 10.6 Å². The topological polar surface area (TPSA) is 50.4 Å². The molecule has 2 N–H and O–H groups in total. The van der Waals surface area contributed by atoms with Crippen LogP contribution in [-0.2, 0) is 11.3 Å². The van der Waals surface area contributed by atoms with Crippen molar-refractivity contribution >= 4 is 29.1 Å². The second-order valence-electron chi connectivity index (χ2n) is 5.08. The van der Waals surface area contributed by atoms with Crippen LogP contribution in [0.2, 0.25) is 10.0 Å². The molecule has 2 rings (SSSR count). The Hall–Kier alpha value is -0.970. The summed E-state index contributed by atoms with van der Waals surface area (Å²) in [7, 11) is 0. The van der Waals surface area contributed by atoms with Gasteiger partial charge in [0.1, 0.15) is 5.75 Å². The molecule has 0 aromatic heterocycles. The van der Waals surface area contributed by atoms with Crippen LogP contribution in [0.25, 0.3) is 0 Å². The molecule has 0 heterocycles. The fraction of sp³-hybridized carbons (Fsp3) is 0.533. The predicted octanol–water partition coefficient (Wildman–Crippen LogP) is 3.15. The second kappa shape index (κ2) is 7.87. The summed E-state index contributed by atoms with van der Waals surface area (Å²) in [6.45, 7) is 3.47. The molecular weight excluding hydrogens is 311 g/mol. The lowest BCUT2D eigenvalue weighted by Crippen LogP contribution is -2.24. The van der Waals surface area contributed by atoms with Gasteiger partial charge in [-0.3, -0.25) is 4.79 Å². The smallest absolute Gasteiger partial charge is 0.223 e. The van der Waals surface area contributed by atoms with Crippen LogP contribution in [0.3, 0.4) is 0 Å². The van der Waals surface area contributed by atoms with Gasteiger partial charge in [0.25, 0.3) is 0 Å². The summed E-state index contributed by atoms with van der Waals surface area (Å²) >= 11 is 12.3. The molecule has 1 aliphatic carbocycles. The van der Waals surface area contributed by atoms with Crippen molar-refractivity contribution in [1.29, 1.82) is 0 Å². The summed E-state index contributed by atoms with van der Waals surface area (Å²) in [6, 6.07) is 4.10. The van der Waals surface area contributed by atoms with E-state index in [-0.39, 0.29) is 5.91 Å². The average Bonchev–Trinajstić information content (AvgIpc) is 3.23. The lowest BCUT2D eigenvalue weighted by Gasteiger charge is -2.14. The molecule has 0 aliphatic heterocycles. The first-order valence-electron chi connectivity index (χ1n) is 7.21. The number of halogens is 2. The van der Waals surface area contributed by atoms with Gasteiger partial charge in [-0.2, -0.15) is 0 Å². The Morgan fingerprint density at radius 3 is 2.81 bits per heavy atom. The van der Waals surface area contributed by atoms with Gasteiger partial charge in [0.2, 0.25) is 5.91 Å². The Balaban J connectivity index is 1.96. The summed E-state index contributed by atoms with van der Waals surface area (Å²) in [5.41, 5.74) is 0.926. The van der Waals surface area contributed by atoms with Crippen molar-refractivity contribution in [3.8, 4) is 5.75 Å². The van der Waals surface area contributed by atoms with Crippen molar-refractivity contribution in [3.05, 3.63) is 27.7 Å². The van der Waals surface area contributed by atoms with Gasteiger partial charge in [0.15, 0.2) is 0 Å². The van der Waals surface area contributed by atoms with Gasteiger partial charge in [-0.05, 0) is 31.9 Å². The molecule has 0 atom stereocenters. The molecular formula is C15H20Cl2N2O2. The van der Waals surface area contributed by atoms with Crippen LogP contribution in [-0.4, -0.2) is 25.1 Å². The zero-order valence-electron chi connectivity index (χ0n) is 12.0. The van der Waals surface area contributed by atoms with Crippen molar-refractivity contribution in [2.45, 2.75) is 38.8 Å². The maximum atomic E-state index is 11.4. The van der Waals surface area contributed by atoms with E-state index in [1.807, 2.05) is 13.0 Å². The van der Waals surface area contributed by atoms with Gasteiger partial charge in [0, 0.05) is 29.7 Å². The van der Waals surface area contributed by atoms with Gasteiger partial charge in [0.05, 0.1) is 18.1 Å². The molecule has 4 nitrogen and oxygen atoms in total. The SMILES string of the molecule is CCNC(=O)CCOc1c(Cl)cc(Cl)cc1CNC1CC1. The number of carbonyl (C=O) groups is 1. The summed E-state index contributed by atoms with van der Waals surface area (Å²) < 4.78 is 5.70. The van der Waals surface area contributed by atoms with E-state index in [2.05, 4.69) is 10.6 Å². The molecule has 0 saturated heterocycles. The molecule has 116 valence electrons. The van der Waals surface area contributed by atoms with E-state index in [4.69, 9.17) is 27.9 Å². The zero-order chi connectivity index (χ0) is 15.2. The highest BCUT2D eigenvalue weighted by Gasteiger charge is 2.21. The molecule has 21 heavy (non-hydrogen) atoms. The lowest BCUT2D eigenvalue weighted by atomic mass is 10.2. The highest BCUT2D eigenvalue weighted by atomic mass is 35.5. The van der Waals surface area contributed by atoms with Gasteiger partial charge in [-0.1, -0.05) is 23.2 Å². The summed E-state index contributed by atoms with van der Waals surface area (Å²) in [5, 5.41) is 7.21. The van der Waals surface area contributed by atoms with Crippen LogP contribution in [0, 0.1) is 0 Å². The van der Waals surface area contributed by atoms with E-state index in [0.717, 1.165) is 5.56 Å². The second-order valence-corrected chi connectivity index (χ2v) is 5.93. The highest BCUT2D eigenvalue weighted by molar-refractivity contribution is 6.35. The third-order valence-corrected chi connectivity index (χ3v) is 3.69. The summed E-state index contributed by atoms with van der Waals surface area (Å²) in [5.74, 6) is 0.582. The van der Waals surface area contributed by atoms with Crippen molar-refractivity contribution in [2.24, 2.45) is 0 Å². The number of ether oxygens (including phenoxy) is 1. The minimum Gasteiger partial charge on any atom is -0.491 e. The molecule has 1 aliphatic rings. The molecule has 0 bridgehead atoms. The number of nitrogens with one attached hydrogen (secondary N) is 2. The molecule has 1 amide bonds. The first-order chi connectivity index (χ1) is 10.1. The first-order valence-corrected chi connectivity index (χ1v) is 7.96. The third kappa shape index (κ3) is 5.38. The van der Waals surface area contributed by atoms with Gasteiger partial charge in [-0.25, -0.2) is 0 Å². The minimum atomic E-state index is -0.0276. The number of hydrogen-bond donors (Lipinski definition) is 2. The predicted molar refractivity (Wildman–Crippen MR) is 85.1 cm³/mol. The lowest BCUT2D eigenvalue weighted by molar-refractivity contribution is -0.121. The number of carbonyl (C=O) groups excluding carboxylic acids is 1. The maximum Gasteiger partial charge on any atom is 0.223 e. The zero-order valence-corrected chi connectivity index (χ0v) is 13.6. The van der Waals surface area contributed by atoms with Crippen LogP contribution in [0.5, 0.6) is 5.75 Å². The summed E-state index contributed by atoms with van der Waals surface area (Å²) in [6.07, 6.45) is 2.73. The van der Waals surface area contributed by atoms with E-state index in [9.17, 15) is 4.79 Å². The molecule has 6 heteroatoms. The molecule has 1 fully saturated rings. The van der Waals surface area contributed by atoms with E-state index >= 15 is 0 Å². The third-order valence-electron chi connectivity index (χ3n) is 3.19. The maximum absolute atomic E-state index is 11.4. The van der Waals surface area contributed by atoms with Crippen LogP contribution in [0.1, 0.15) is 31.7 Å². The van der Waals surface area contributed by atoms with Crippen LogP contribution in [0.4, 0.5) is 0 Å². The molecule has 1 saturated carbocycles. The van der Waals surface area contributed by atoms with Crippen LogP contribution in [0.15, 0.2) is 12.1 Å². The van der Waals surface area contributed by atoms with Crippen LogP contribution >= 0.6 is 23.2 Å². The molecule has 0 spiro atoms. The Morgan fingerprint density at radius 1 is 1.38 bits per heavy atom. The Morgan fingerprint density at radius 2 is 2.14 bits per heavy atom. The fourth-order valence-electron chi connectivity index (χ4n) is 1.98. The van der Waals surface area contributed by atoms with Gasteiger partial charge in [-0.15, -0.1) is 0 Å². The van der Waals surface area contributed by atoms with Gasteiger partial charge >= 0.3 is 0 Å². The highest BCUT2D eigenvalue weighted by Crippen LogP contribution is 2.33. The minimum absolute atomic E-state index is 0.0276. The molecule has 1 aromatic rings. The Bertz CT molecular complexity index is 505. The van der Waals surface area contributed by atoms with Crippen molar-refractivity contribution < 1.29 is 9.53 Å². The standard InChI is InChI=1S/C15H20Cl2N2O2/c1-2-18-14(20)5-6-21-15-10(9-19-12-3-4-12)7-11(16)8-13(15)17/h7-8,12,19H,2-6,9H2,1H3,(H,18,20). The first kappa shape index (κ1) is 16.4. The number of benzene rings is 1. The van der Waals surface area contributed by atoms with E-state index < -0.39 is 0 Å². The average molecular weight is 331 g/mol. The van der Waals surface area contributed by atoms with E-state index in [1.165, 1.54) is 12.8 Å². The quantitative estimate of drug-likeness (QED) is 0.769. The Kier molecular flexibility index (Phi) is 6.15. The molecule has 0 unspecified atom stereocenters. The number of hydrogen-bond acceptors (Lipinski definition) is 3. The Labute approximate surface area is 135 Å². The molecule has 0 radical (unpaired) electrons. The fourth-order valence-corrected chi connectivity index (χ4v) is 2.57.